The number of amides is 1. The highest BCUT2D eigenvalue weighted by Gasteiger charge is 2.03. The molecule has 0 spiro atoms. The summed E-state index contributed by atoms with van der Waals surface area (Å²) in [7, 11) is 0. The summed E-state index contributed by atoms with van der Waals surface area (Å²) in [6.45, 7) is 2.08. The van der Waals surface area contributed by atoms with Crippen LogP contribution in [-0.4, -0.2) is 23.8 Å². The molecule has 0 bridgehead atoms. The monoisotopic (exact) mass is 265 g/mol. The van der Waals surface area contributed by atoms with Crippen molar-refractivity contribution in [1.29, 1.82) is 0 Å². The van der Waals surface area contributed by atoms with Gasteiger partial charge in [0.1, 0.15) is 0 Å². The van der Waals surface area contributed by atoms with Gasteiger partial charge in [-0.25, -0.2) is 4.79 Å². The van der Waals surface area contributed by atoms with Crippen molar-refractivity contribution in [2.24, 2.45) is 0 Å². The Bertz CT molecular complexity index is 431. The fourth-order valence-corrected chi connectivity index (χ4v) is 1.69. The molecule has 2 N–H and O–H groups in total. The first-order valence-corrected chi connectivity index (χ1v) is 6.36. The molecule has 0 aliphatic heterocycles. The number of hydrogen-bond acceptors (Lipinski definition) is 3. The van der Waals surface area contributed by atoms with Gasteiger partial charge in [0.25, 0.3) is 0 Å². The first-order chi connectivity index (χ1) is 9.11. The van der Waals surface area contributed by atoms with Crippen LogP contribution in [0.1, 0.15) is 31.7 Å². The van der Waals surface area contributed by atoms with E-state index in [-0.39, 0.29) is 6.42 Å². The summed E-state index contributed by atoms with van der Waals surface area (Å²) in [4.78, 5) is 21.6. The number of aliphatic carboxylic acids is 1. The molecule has 5 heteroatoms. The average Bonchev–Trinajstić information content (AvgIpc) is 2.35. The van der Waals surface area contributed by atoms with Gasteiger partial charge in [0.2, 0.25) is 0 Å². The molecule has 1 amide bonds. The maximum absolute atomic E-state index is 11.3. The maximum Gasteiger partial charge on any atom is 0.411 e. The van der Waals surface area contributed by atoms with Crippen LogP contribution < -0.4 is 5.32 Å². The minimum Gasteiger partial charge on any atom is -0.481 e. The summed E-state index contributed by atoms with van der Waals surface area (Å²) in [6.07, 6.45) is 2.00. The molecule has 0 aliphatic carbocycles. The normalized spacial score (nSPS) is 9.95. The third kappa shape index (κ3) is 6.45. The van der Waals surface area contributed by atoms with Crippen LogP contribution in [-0.2, 0) is 16.0 Å². The predicted molar refractivity (Wildman–Crippen MR) is 72.3 cm³/mol. The van der Waals surface area contributed by atoms with Crippen molar-refractivity contribution in [3.8, 4) is 0 Å². The third-order valence-electron chi connectivity index (χ3n) is 2.55. The van der Waals surface area contributed by atoms with E-state index >= 15 is 0 Å². The van der Waals surface area contributed by atoms with Crippen LogP contribution in [0.15, 0.2) is 24.3 Å². The number of hydrogen-bond donors (Lipinski definition) is 2. The molecule has 1 aromatic carbocycles. The standard InChI is InChI=1S/C14H19NO4/c1-2-19-14(18)15-12-8-5-7-11(10-12)6-3-4-9-13(16)17/h5,7-8,10H,2-4,6,9H2,1H3,(H,15,18)(H,16,17). The SMILES string of the molecule is CCOC(=O)Nc1cccc(CCCCC(=O)O)c1. The number of carbonyl (C=O) groups excluding carboxylic acids is 1. The highest BCUT2D eigenvalue weighted by atomic mass is 16.5. The average molecular weight is 265 g/mol. The van der Waals surface area contributed by atoms with Gasteiger partial charge in [0.05, 0.1) is 6.61 Å². The highest BCUT2D eigenvalue weighted by Crippen LogP contribution is 2.13. The summed E-state index contributed by atoms with van der Waals surface area (Å²) in [6, 6.07) is 7.47. The second-order valence-electron chi connectivity index (χ2n) is 4.15. The van der Waals surface area contributed by atoms with Crippen LogP contribution in [0, 0.1) is 0 Å². The smallest absolute Gasteiger partial charge is 0.411 e. The van der Waals surface area contributed by atoms with E-state index in [2.05, 4.69) is 5.32 Å². The van der Waals surface area contributed by atoms with Crippen molar-refractivity contribution in [1.82, 2.24) is 0 Å². The molecule has 19 heavy (non-hydrogen) atoms. The van der Waals surface area contributed by atoms with Gasteiger partial charge >= 0.3 is 12.1 Å². The second-order valence-corrected chi connectivity index (χ2v) is 4.15. The fraction of sp³-hybridized carbons (Fsp3) is 0.429. The lowest BCUT2D eigenvalue weighted by molar-refractivity contribution is -0.137. The topological polar surface area (TPSA) is 75.6 Å². The molecule has 0 atom stereocenters. The maximum atomic E-state index is 11.3. The van der Waals surface area contributed by atoms with Gasteiger partial charge < -0.3 is 9.84 Å². The highest BCUT2D eigenvalue weighted by molar-refractivity contribution is 5.84. The Morgan fingerprint density at radius 2 is 2.11 bits per heavy atom. The van der Waals surface area contributed by atoms with Crippen LogP contribution in [0.4, 0.5) is 10.5 Å². The van der Waals surface area contributed by atoms with Crippen molar-refractivity contribution in [2.45, 2.75) is 32.6 Å². The van der Waals surface area contributed by atoms with Gasteiger partial charge in [0, 0.05) is 12.1 Å². The number of carboxylic acids is 1. The van der Waals surface area contributed by atoms with E-state index in [1.54, 1.807) is 13.0 Å². The Balaban J connectivity index is 2.43. The molecular formula is C14H19NO4. The lowest BCUT2D eigenvalue weighted by Gasteiger charge is -2.07. The van der Waals surface area contributed by atoms with Gasteiger partial charge in [-0.15, -0.1) is 0 Å². The molecule has 0 aliphatic rings. The first kappa shape index (κ1) is 15.0. The Morgan fingerprint density at radius 3 is 2.79 bits per heavy atom. The number of aryl methyl sites for hydroxylation is 1. The van der Waals surface area contributed by atoms with Crippen molar-refractivity contribution >= 4 is 17.7 Å². The number of nitrogens with one attached hydrogen (secondary N) is 1. The Labute approximate surface area is 112 Å². The first-order valence-electron chi connectivity index (χ1n) is 6.36. The second kappa shape index (κ2) is 8.13. The van der Waals surface area contributed by atoms with E-state index in [0.717, 1.165) is 18.4 Å². The van der Waals surface area contributed by atoms with Crippen LogP contribution in [0.25, 0.3) is 0 Å². The Hall–Kier alpha value is -2.04. The van der Waals surface area contributed by atoms with Crippen molar-refractivity contribution in [3.63, 3.8) is 0 Å². The molecular weight excluding hydrogens is 246 g/mol. The van der Waals surface area contributed by atoms with Crippen LogP contribution in [0.2, 0.25) is 0 Å². The number of anilines is 1. The minimum atomic E-state index is -0.766. The number of unbranched alkanes of at least 4 members (excludes halogenated alkanes) is 1. The van der Waals surface area contributed by atoms with Crippen molar-refractivity contribution in [3.05, 3.63) is 29.8 Å². The Morgan fingerprint density at radius 1 is 1.32 bits per heavy atom. The summed E-state index contributed by atoms with van der Waals surface area (Å²) >= 11 is 0. The zero-order valence-corrected chi connectivity index (χ0v) is 11.0. The molecule has 0 fully saturated rings. The molecule has 0 saturated heterocycles. The molecule has 104 valence electrons. The summed E-state index contributed by atoms with van der Waals surface area (Å²) in [5, 5.41) is 11.2. The van der Waals surface area contributed by atoms with E-state index in [1.807, 2.05) is 18.2 Å². The van der Waals surface area contributed by atoms with Crippen LogP contribution >= 0.6 is 0 Å². The summed E-state index contributed by atoms with van der Waals surface area (Å²) < 4.78 is 4.80. The van der Waals surface area contributed by atoms with Gasteiger partial charge in [-0.1, -0.05) is 12.1 Å². The third-order valence-corrected chi connectivity index (χ3v) is 2.55. The van der Waals surface area contributed by atoms with Crippen molar-refractivity contribution in [2.75, 3.05) is 11.9 Å². The zero-order valence-electron chi connectivity index (χ0n) is 11.0. The number of carbonyl (C=O) groups is 2. The fourth-order valence-electron chi connectivity index (χ4n) is 1.69. The van der Waals surface area contributed by atoms with E-state index in [4.69, 9.17) is 9.84 Å². The van der Waals surface area contributed by atoms with E-state index < -0.39 is 12.1 Å². The van der Waals surface area contributed by atoms with Crippen LogP contribution in [0.5, 0.6) is 0 Å². The van der Waals surface area contributed by atoms with E-state index in [1.165, 1.54) is 0 Å². The van der Waals surface area contributed by atoms with E-state index in [0.29, 0.717) is 18.7 Å². The molecule has 1 rings (SSSR count). The number of benzene rings is 1. The Kier molecular flexibility index (Phi) is 6.43. The number of ether oxygens (including phenoxy) is 1. The quantitative estimate of drug-likeness (QED) is 0.743. The van der Waals surface area contributed by atoms with Crippen molar-refractivity contribution < 1.29 is 19.4 Å². The molecule has 0 aromatic heterocycles. The lowest BCUT2D eigenvalue weighted by atomic mass is 10.1. The van der Waals surface area contributed by atoms with Gasteiger partial charge in [0.15, 0.2) is 0 Å². The summed E-state index contributed by atoms with van der Waals surface area (Å²) in [5.74, 6) is -0.766. The molecule has 0 radical (unpaired) electrons. The predicted octanol–water partition coefficient (Wildman–Crippen LogP) is 3.05. The number of carboxylic acid groups (broad SMARTS) is 1. The summed E-state index contributed by atoms with van der Waals surface area (Å²) in [5.41, 5.74) is 1.76. The molecule has 5 nitrogen and oxygen atoms in total. The largest absolute Gasteiger partial charge is 0.481 e. The molecule has 0 heterocycles. The number of rotatable bonds is 7. The van der Waals surface area contributed by atoms with Gasteiger partial charge in [-0.05, 0) is 43.9 Å². The molecule has 0 saturated carbocycles. The molecule has 0 unspecified atom stereocenters. The van der Waals surface area contributed by atoms with Gasteiger partial charge in [-0.2, -0.15) is 0 Å². The van der Waals surface area contributed by atoms with Gasteiger partial charge in [-0.3, -0.25) is 10.1 Å². The lowest BCUT2D eigenvalue weighted by Crippen LogP contribution is -2.13. The van der Waals surface area contributed by atoms with Crippen LogP contribution in [0.3, 0.4) is 0 Å². The zero-order chi connectivity index (χ0) is 14.1. The van der Waals surface area contributed by atoms with E-state index in [9.17, 15) is 9.59 Å². The molecule has 1 aromatic rings. The minimum absolute atomic E-state index is 0.195.